The third-order valence-corrected chi connectivity index (χ3v) is 9.14. The Balaban J connectivity index is 1.55. The average molecular weight is 607 g/mol. The minimum atomic E-state index is -1.37. The second kappa shape index (κ2) is 9.55. The van der Waals surface area contributed by atoms with Gasteiger partial charge in [-0.05, 0) is 55.8 Å². The van der Waals surface area contributed by atoms with E-state index in [9.17, 15) is 14.7 Å². The molecule has 7 rings (SSSR count). The van der Waals surface area contributed by atoms with Crippen LogP contribution in [0.15, 0.2) is 66.2 Å². The zero-order valence-corrected chi connectivity index (χ0v) is 24.1. The van der Waals surface area contributed by atoms with Gasteiger partial charge in [0.05, 0.1) is 33.6 Å². The van der Waals surface area contributed by atoms with Gasteiger partial charge in [-0.15, -0.1) is 0 Å². The van der Waals surface area contributed by atoms with E-state index in [0.29, 0.717) is 39.6 Å². The van der Waals surface area contributed by atoms with Gasteiger partial charge in [-0.1, -0.05) is 53.1 Å². The monoisotopic (exact) mass is 606 g/mol. The summed E-state index contributed by atoms with van der Waals surface area (Å²) in [6, 6.07) is 13.7. The molecule has 1 spiro atoms. The lowest BCUT2D eigenvalue weighted by molar-refractivity contribution is -0.127. The molecule has 1 aromatic heterocycles. The number of carboxylic acids is 1. The highest BCUT2D eigenvalue weighted by atomic mass is 35.5. The summed E-state index contributed by atoms with van der Waals surface area (Å²) in [6.45, 7) is 4.53. The molecule has 0 bridgehead atoms. The number of anilines is 1. The van der Waals surface area contributed by atoms with Crippen LogP contribution in [0.1, 0.15) is 47.3 Å². The number of fused-ring (bicyclic) bond motifs is 7. The predicted molar refractivity (Wildman–Crippen MR) is 157 cm³/mol. The van der Waals surface area contributed by atoms with Crippen LogP contribution in [0.5, 0.6) is 5.88 Å². The molecular weight excluding hydrogens is 582 g/mol. The minimum absolute atomic E-state index is 0.0549. The molecule has 0 unspecified atom stereocenters. The van der Waals surface area contributed by atoms with Crippen molar-refractivity contribution in [2.75, 3.05) is 18.5 Å². The van der Waals surface area contributed by atoms with E-state index in [1.807, 2.05) is 26.0 Å². The number of amides is 1. The van der Waals surface area contributed by atoms with Crippen molar-refractivity contribution in [1.82, 2.24) is 14.7 Å². The Morgan fingerprint density at radius 1 is 1.21 bits per heavy atom. The molecule has 2 N–H and O–H groups in total. The maximum absolute atomic E-state index is 16.1. The highest BCUT2D eigenvalue weighted by Crippen LogP contribution is 2.63. The number of allylic oxidation sites excluding steroid dienone is 1. The third kappa shape index (κ3) is 3.66. The number of hydrogen-bond acceptors (Lipinski definition) is 5. The molecule has 1 fully saturated rings. The average Bonchev–Trinajstić information content (AvgIpc) is 3.56. The van der Waals surface area contributed by atoms with E-state index in [2.05, 4.69) is 10.2 Å². The van der Waals surface area contributed by atoms with Crippen molar-refractivity contribution in [1.29, 1.82) is 0 Å². The number of nitrogens with zero attached hydrogens (tertiary/aromatic N) is 3. The Morgan fingerprint density at radius 2 is 2.02 bits per heavy atom. The zero-order valence-electron chi connectivity index (χ0n) is 22.6. The summed E-state index contributed by atoms with van der Waals surface area (Å²) in [4.78, 5) is 28.2. The summed E-state index contributed by atoms with van der Waals surface area (Å²) in [5.74, 6) is -2.37. The molecular formula is C31H25Cl2FN4O4. The van der Waals surface area contributed by atoms with E-state index >= 15 is 4.39 Å². The van der Waals surface area contributed by atoms with Gasteiger partial charge in [0, 0.05) is 28.7 Å². The van der Waals surface area contributed by atoms with E-state index in [0.717, 1.165) is 5.57 Å². The number of halogens is 3. The molecule has 4 atom stereocenters. The molecule has 8 nitrogen and oxygen atoms in total. The second-order valence-corrected chi connectivity index (χ2v) is 12.0. The number of carbonyl (C=O) groups excluding carboxylic acids is 1. The highest BCUT2D eigenvalue weighted by Gasteiger charge is 2.69. The molecule has 0 saturated carbocycles. The SMILES string of the molecule is CC(C)=CCN1[C@H]2COc3c4ccc(C(=O)O)cc4nn3[C@H]2[C@H](c2cccc(Cl)c2F)[C@]12C(=O)Nc1cc(Cl)ccc12. The van der Waals surface area contributed by atoms with Crippen LogP contribution in [0.4, 0.5) is 10.1 Å². The van der Waals surface area contributed by atoms with Crippen LogP contribution in [0.2, 0.25) is 10.0 Å². The van der Waals surface area contributed by atoms with Gasteiger partial charge in [-0.2, -0.15) is 5.10 Å². The zero-order chi connectivity index (χ0) is 29.5. The molecule has 3 aromatic carbocycles. The van der Waals surface area contributed by atoms with Crippen LogP contribution in [0, 0.1) is 5.82 Å². The number of aromatic carboxylic acids is 1. The molecule has 3 aliphatic rings. The molecule has 3 aliphatic heterocycles. The van der Waals surface area contributed by atoms with Gasteiger partial charge in [0.2, 0.25) is 11.8 Å². The van der Waals surface area contributed by atoms with Crippen molar-refractivity contribution < 1.29 is 23.8 Å². The van der Waals surface area contributed by atoms with Crippen molar-refractivity contribution in [2.24, 2.45) is 0 Å². The minimum Gasteiger partial charge on any atom is -0.478 e. The number of rotatable bonds is 4. The fourth-order valence-corrected chi connectivity index (χ4v) is 7.28. The smallest absolute Gasteiger partial charge is 0.335 e. The lowest BCUT2D eigenvalue weighted by Gasteiger charge is -2.39. The van der Waals surface area contributed by atoms with E-state index in [1.54, 1.807) is 35.0 Å². The molecule has 214 valence electrons. The standard InChI is InChI=1S/C31H25Cl2FN4O4/c1-15(2)10-11-37-24-14-42-28-18-8-6-16(29(39)40)12-22(18)36-38(28)27(24)25(19-4-3-5-21(33)26(19)34)31(37)20-9-7-17(32)13-23(20)35-30(31)41/h3-10,12-13,24-25,27H,11,14H2,1-2H3,(H,35,41)(H,39,40)/t24-,25-,27+,31+/m0/s1. The Labute approximate surface area is 250 Å². The molecule has 1 saturated heterocycles. The van der Waals surface area contributed by atoms with Crippen LogP contribution in [0.3, 0.4) is 0 Å². The summed E-state index contributed by atoms with van der Waals surface area (Å²) in [5.41, 5.74) is 1.69. The molecule has 42 heavy (non-hydrogen) atoms. The van der Waals surface area contributed by atoms with E-state index in [-0.39, 0.29) is 28.7 Å². The summed E-state index contributed by atoms with van der Waals surface area (Å²) in [5, 5.41) is 18.5. The first kappa shape index (κ1) is 26.9. The van der Waals surface area contributed by atoms with Gasteiger partial charge in [-0.25, -0.2) is 13.9 Å². The van der Waals surface area contributed by atoms with Crippen molar-refractivity contribution in [3.05, 3.63) is 98.8 Å². The molecule has 0 radical (unpaired) electrons. The number of carbonyl (C=O) groups is 2. The van der Waals surface area contributed by atoms with Crippen LogP contribution in [0.25, 0.3) is 10.9 Å². The summed E-state index contributed by atoms with van der Waals surface area (Å²) in [6.07, 6.45) is 2.03. The first-order chi connectivity index (χ1) is 20.1. The van der Waals surface area contributed by atoms with Crippen molar-refractivity contribution >= 4 is 51.7 Å². The lowest BCUT2D eigenvalue weighted by atomic mass is 9.73. The Morgan fingerprint density at radius 3 is 2.79 bits per heavy atom. The molecule has 4 aromatic rings. The topological polar surface area (TPSA) is 96.7 Å². The molecule has 0 aliphatic carbocycles. The van der Waals surface area contributed by atoms with E-state index in [1.165, 1.54) is 18.2 Å². The highest BCUT2D eigenvalue weighted by molar-refractivity contribution is 6.31. The third-order valence-electron chi connectivity index (χ3n) is 8.61. The normalized spacial score (nSPS) is 24.2. The number of ether oxygens (including phenoxy) is 1. The second-order valence-electron chi connectivity index (χ2n) is 11.1. The summed E-state index contributed by atoms with van der Waals surface area (Å²) >= 11 is 12.7. The summed E-state index contributed by atoms with van der Waals surface area (Å²) in [7, 11) is 0. The van der Waals surface area contributed by atoms with Crippen LogP contribution < -0.4 is 10.1 Å². The first-order valence-electron chi connectivity index (χ1n) is 13.5. The first-order valence-corrected chi connectivity index (χ1v) is 14.2. The quantitative estimate of drug-likeness (QED) is 0.261. The van der Waals surface area contributed by atoms with Crippen molar-refractivity contribution in [3.63, 3.8) is 0 Å². The van der Waals surface area contributed by atoms with Crippen LogP contribution in [-0.4, -0.2) is 50.9 Å². The Kier molecular flexibility index (Phi) is 6.13. The molecule has 11 heteroatoms. The fourth-order valence-electron chi connectivity index (χ4n) is 6.93. The van der Waals surface area contributed by atoms with Crippen LogP contribution in [-0.2, 0) is 10.3 Å². The van der Waals surface area contributed by atoms with Gasteiger partial charge >= 0.3 is 5.97 Å². The van der Waals surface area contributed by atoms with E-state index < -0.39 is 35.3 Å². The van der Waals surface area contributed by atoms with Gasteiger partial charge in [0.25, 0.3) is 0 Å². The Hall–Kier alpha value is -3.92. The predicted octanol–water partition coefficient (Wildman–Crippen LogP) is 6.40. The van der Waals surface area contributed by atoms with Gasteiger partial charge in [-0.3, -0.25) is 9.69 Å². The number of likely N-dealkylation sites (tertiary alicyclic amines) is 1. The summed E-state index contributed by atoms with van der Waals surface area (Å²) < 4.78 is 24.2. The molecule has 4 heterocycles. The largest absolute Gasteiger partial charge is 0.478 e. The molecule has 1 amide bonds. The number of aromatic nitrogens is 2. The maximum Gasteiger partial charge on any atom is 0.335 e. The lowest BCUT2D eigenvalue weighted by Crippen LogP contribution is -2.53. The van der Waals surface area contributed by atoms with Crippen molar-refractivity contribution in [3.8, 4) is 5.88 Å². The van der Waals surface area contributed by atoms with Gasteiger partial charge in [0.15, 0.2) is 0 Å². The van der Waals surface area contributed by atoms with Gasteiger partial charge < -0.3 is 15.2 Å². The van der Waals surface area contributed by atoms with Crippen LogP contribution >= 0.6 is 23.2 Å². The van der Waals surface area contributed by atoms with E-state index in [4.69, 9.17) is 33.0 Å². The maximum atomic E-state index is 16.1. The number of nitrogens with one attached hydrogen (secondary N) is 1. The van der Waals surface area contributed by atoms with Crippen molar-refractivity contribution in [2.45, 2.75) is 37.4 Å². The van der Waals surface area contributed by atoms with Gasteiger partial charge in [0.1, 0.15) is 18.0 Å². The Bertz CT molecular complexity index is 1850. The number of carboxylic acid groups (broad SMARTS) is 1. The number of hydrogen-bond donors (Lipinski definition) is 2. The fraction of sp³-hybridized carbons (Fsp3) is 0.258. The number of benzene rings is 3.